The number of para-hydroxylation sites is 2. The molecule has 0 aliphatic rings. The normalized spacial score (nSPS) is 11.5. The van der Waals surface area contributed by atoms with Crippen LogP contribution in [0.3, 0.4) is 0 Å². The Morgan fingerprint density at radius 2 is 1.14 bits per heavy atom. The van der Waals surface area contributed by atoms with Crippen molar-refractivity contribution in [3.8, 4) is 27.9 Å². The molecule has 0 N–H and O–H groups in total. The SMILES string of the molecule is Bc1c(B)c(B)c(-c2c3ccccc3c(-n3c(CC)nc4ccccc43)c3ccc(-c4ccccc4)cc23)c(B)c1B. The van der Waals surface area contributed by atoms with Crippen LogP contribution in [0.15, 0.2) is 97.1 Å². The maximum absolute atomic E-state index is 5.09. The Balaban J connectivity index is 1.73. The van der Waals surface area contributed by atoms with Gasteiger partial charge in [-0.1, -0.05) is 96.7 Å². The molecule has 0 saturated carbocycles. The number of aromatic nitrogens is 2. The van der Waals surface area contributed by atoms with E-state index in [-0.39, 0.29) is 0 Å². The predicted octanol–water partition coefficient (Wildman–Crippen LogP) is 0.520. The van der Waals surface area contributed by atoms with E-state index < -0.39 is 0 Å². The van der Waals surface area contributed by atoms with Gasteiger partial charge in [-0.15, -0.1) is 16.4 Å². The number of nitrogens with zero attached hydrogens (tertiary/aromatic N) is 2. The molecule has 7 rings (SSSR count). The molecule has 0 unspecified atom stereocenters. The number of imidazole rings is 1. The van der Waals surface area contributed by atoms with Gasteiger partial charge in [0.25, 0.3) is 0 Å². The molecular formula is C35H31B5N2. The van der Waals surface area contributed by atoms with Crippen LogP contribution in [0.25, 0.3) is 60.5 Å². The van der Waals surface area contributed by atoms with Crippen molar-refractivity contribution >= 4 is 99.1 Å². The van der Waals surface area contributed by atoms with Crippen LogP contribution in [0.5, 0.6) is 0 Å². The predicted molar refractivity (Wildman–Crippen MR) is 197 cm³/mol. The zero-order valence-corrected chi connectivity index (χ0v) is 25.3. The second-order valence-electron chi connectivity index (χ2n) is 11.6. The summed E-state index contributed by atoms with van der Waals surface area (Å²) in [5, 5.41) is 5.05. The number of benzene rings is 6. The molecule has 0 radical (unpaired) electrons. The van der Waals surface area contributed by atoms with Gasteiger partial charge in [0.1, 0.15) is 45.1 Å². The van der Waals surface area contributed by atoms with Crippen molar-refractivity contribution in [3.05, 3.63) is 103 Å². The highest BCUT2D eigenvalue weighted by Crippen LogP contribution is 2.42. The summed E-state index contributed by atoms with van der Waals surface area (Å²) in [6.07, 6.45) is 0.850. The Labute approximate surface area is 252 Å². The van der Waals surface area contributed by atoms with E-state index in [0.717, 1.165) is 23.3 Å². The maximum Gasteiger partial charge on any atom is 0.139 e. The van der Waals surface area contributed by atoms with Crippen molar-refractivity contribution in [2.75, 3.05) is 0 Å². The van der Waals surface area contributed by atoms with Crippen LogP contribution in [0, 0.1) is 0 Å². The fraction of sp³-hybridized carbons (Fsp3) is 0.0571. The molecule has 7 heteroatoms. The maximum atomic E-state index is 5.09. The van der Waals surface area contributed by atoms with Crippen LogP contribution in [-0.4, -0.2) is 48.8 Å². The summed E-state index contributed by atoms with van der Waals surface area (Å²) in [6.45, 7) is 2.20. The first-order valence-electron chi connectivity index (χ1n) is 15.0. The van der Waals surface area contributed by atoms with Crippen molar-refractivity contribution < 1.29 is 0 Å². The standard InChI is InChI=1S/C35H31B5N2/c1-2-27-41-25-14-8-9-15-26(25)42(27)35-22-13-7-6-12-21(22)28(29-30(36)32(38)34(40)33(39)31(29)37)24-18-20(16-17-23(24)35)19-10-4-3-5-11-19/h3-18H,2,36-40H2,1H3. The zero-order chi connectivity index (χ0) is 29.1. The Bertz CT molecular complexity index is 2160. The molecule has 0 aliphatic heterocycles. The summed E-state index contributed by atoms with van der Waals surface area (Å²) < 4.78 is 2.41. The molecule has 0 saturated heterocycles. The van der Waals surface area contributed by atoms with Crippen LogP contribution >= 0.6 is 0 Å². The summed E-state index contributed by atoms with van der Waals surface area (Å²) in [7, 11) is 11.4. The van der Waals surface area contributed by atoms with Gasteiger partial charge in [0.2, 0.25) is 0 Å². The molecule has 42 heavy (non-hydrogen) atoms. The van der Waals surface area contributed by atoms with Gasteiger partial charge in [0.15, 0.2) is 0 Å². The Morgan fingerprint density at radius 3 is 1.86 bits per heavy atom. The minimum absolute atomic E-state index is 0.850. The fourth-order valence-corrected chi connectivity index (χ4v) is 6.91. The average molecular weight is 534 g/mol. The van der Waals surface area contributed by atoms with Gasteiger partial charge in [-0.3, -0.25) is 4.57 Å². The topological polar surface area (TPSA) is 17.8 Å². The van der Waals surface area contributed by atoms with Gasteiger partial charge in [-0.05, 0) is 51.2 Å². The van der Waals surface area contributed by atoms with Gasteiger partial charge >= 0.3 is 0 Å². The van der Waals surface area contributed by atoms with E-state index in [9.17, 15) is 0 Å². The first-order chi connectivity index (χ1) is 20.4. The van der Waals surface area contributed by atoms with Crippen LogP contribution in [0.1, 0.15) is 12.7 Å². The molecule has 0 spiro atoms. The smallest absolute Gasteiger partial charge is 0.139 e. The van der Waals surface area contributed by atoms with Crippen LogP contribution in [-0.2, 0) is 6.42 Å². The summed E-state index contributed by atoms with van der Waals surface area (Å²) in [5.74, 6) is 1.08. The Morgan fingerprint density at radius 1 is 0.548 bits per heavy atom. The number of fused-ring (bicyclic) bond motifs is 3. The quantitative estimate of drug-likeness (QED) is 0.238. The van der Waals surface area contributed by atoms with E-state index >= 15 is 0 Å². The molecule has 196 valence electrons. The third-order valence-corrected chi connectivity index (χ3v) is 9.52. The van der Waals surface area contributed by atoms with Crippen LogP contribution in [0.4, 0.5) is 0 Å². The number of aryl methyl sites for hydroxylation is 1. The van der Waals surface area contributed by atoms with E-state index in [0.29, 0.717) is 0 Å². The molecular weight excluding hydrogens is 502 g/mol. The second-order valence-corrected chi connectivity index (χ2v) is 11.6. The largest absolute Gasteiger partial charge is 0.295 e. The third kappa shape index (κ3) is 3.90. The van der Waals surface area contributed by atoms with E-state index in [1.807, 2.05) is 0 Å². The first-order valence-corrected chi connectivity index (χ1v) is 15.0. The summed E-state index contributed by atoms with van der Waals surface area (Å²) in [5.41, 5.74) is 15.4. The summed E-state index contributed by atoms with van der Waals surface area (Å²) in [6, 6.07) is 35.3. The molecule has 7 aromatic rings. The molecule has 1 heterocycles. The Hall–Kier alpha value is -4.37. The lowest BCUT2D eigenvalue weighted by molar-refractivity contribution is 0.917. The number of hydrogen-bond donors (Lipinski definition) is 0. The van der Waals surface area contributed by atoms with Crippen molar-refractivity contribution in [2.24, 2.45) is 0 Å². The minimum Gasteiger partial charge on any atom is -0.295 e. The molecule has 6 aromatic carbocycles. The van der Waals surface area contributed by atoms with E-state index in [1.54, 1.807) is 0 Å². The van der Waals surface area contributed by atoms with Gasteiger partial charge in [0, 0.05) is 17.2 Å². The van der Waals surface area contributed by atoms with Gasteiger partial charge in [0.05, 0.1) is 16.7 Å². The van der Waals surface area contributed by atoms with E-state index in [1.165, 1.54) is 76.8 Å². The van der Waals surface area contributed by atoms with Crippen molar-refractivity contribution in [1.82, 2.24) is 9.55 Å². The zero-order valence-electron chi connectivity index (χ0n) is 25.3. The molecule has 0 aliphatic carbocycles. The molecule has 0 amide bonds. The minimum atomic E-state index is 0.850. The number of rotatable bonds is 4. The summed E-state index contributed by atoms with van der Waals surface area (Å²) in [4.78, 5) is 5.09. The lowest BCUT2D eigenvalue weighted by atomic mass is 9.59. The van der Waals surface area contributed by atoms with E-state index in [4.69, 9.17) is 4.98 Å². The second kappa shape index (κ2) is 10.2. The van der Waals surface area contributed by atoms with Crippen LogP contribution < -0.4 is 27.3 Å². The lowest BCUT2D eigenvalue weighted by Gasteiger charge is -2.25. The third-order valence-electron chi connectivity index (χ3n) is 9.52. The fourth-order valence-electron chi connectivity index (χ4n) is 6.91. The van der Waals surface area contributed by atoms with Gasteiger partial charge < -0.3 is 0 Å². The molecule has 0 bridgehead atoms. The first kappa shape index (κ1) is 26.5. The molecule has 2 nitrogen and oxygen atoms in total. The highest BCUT2D eigenvalue weighted by molar-refractivity contribution is 6.69. The van der Waals surface area contributed by atoms with Gasteiger partial charge in [-0.25, -0.2) is 4.98 Å². The van der Waals surface area contributed by atoms with Crippen molar-refractivity contribution in [1.29, 1.82) is 0 Å². The van der Waals surface area contributed by atoms with Crippen molar-refractivity contribution in [3.63, 3.8) is 0 Å². The highest BCUT2D eigenvalue weighted by Gasteiger charge is 2.23. The highest BCUT2D eigenvalue weighted by atomic mass is 15.1. The van der Waals surface area contributed by atoms with Crippen molar-refractivity contribution in [2.45, 2.75) is 13.3 Å². The lowest BCUT2D eigenvalue weighted by Crippen LogP contribution is -2.55. The molecule has 1 aromatic heterocycles. The summed E-state index contributed by atoms with van der Waals surface area (Å²) >= 11 is 0. The van der Waals surface area contributed by atoms with Crippen LogP contribution in [0.2, 0.25) is 0 Å². The Kier molecular flexibility index (Phi) is 6.42. The monoisotopic (exact) mass is 534 g/mol. The van der Waals surface area contributed by atoms with E-state index in [2.05, 4.69) is 148 Å². The average Bonchev–Trinajstić information content (AvgIpc) is 3.41. The number of hydrogen-bond acceptors (Lipinski definition) is 1. The van der Waals surface area contributed by atoms with Gasteiger partial charge in [-0.2, -0.15) is 0 Å². The molecule has 0 atom stereocenters. The molecule has 0 fully saturated rings.